The molecular weight excluding hydrogens is 298 g/mol. The number of nitro benzene ring substituents is 1. The van der Waals surface area contributed by atoms with E-state index in [2.05, 4.69) is 11.0 Å². The fourth-order valence-electron chi connectivity index (χ4n) is 3.67. The highest BCUT2D eigenvalue weighted by Gasteiger charge is 2.38. The van der Waals surface area contributed by atoms with E-state index in [0.717, 1.165) is 19.3 Å². The van der Waals surface area contributed by atoms with Gasteiger partial charge in [-0.25, -0.2) is 0 Å². The van der Waals surface area contributed by atoms with Gasteiger partial charge in [0.2, 0.25) is 0 Å². The maximum atomic E-state index is 10.9. The number of aliphatic hydroxyl groups excluding tert-OH is 1. The molecule has 0 bridgehead atoms. The normalized spacial score (nSPS) is 27.7. The van der Waals surface area contributed by atoms with Crippen LogP contribution in [0.5, 0.6) is 0 Å². The number of rotatable bonds is 3. The highest BCUT2D eigenvalue weighted by molar-refractivity contribution is 5.63. The Bertz CT molecular complexity index is 643. The molecule has 0 aromatic heterocycles. The second kappa shape index (κ2) is 6.52. The van der Waals surface area contributed by atoms with Gasteiger partial charge in [0, 0.05) is 24.6 Å². The Labute approximate surface area is 134 Å². The zero-order valence-corrected chi connectivity index (χ0v) is 12.7. The van der Waals surface area contributed by atoms with E-state index in [-0.39, 0.29) is 23.8 Å². The molecule has 1 aliphatic carbocycles. The quantitative estimate of drug-likeness (QED) is 0.674. The number of anilines is 1. The molecule has 0 spiro atoms. The Balaban J connectivity index is 1.94. The Morgan fingerprint density at radius 2 is 2.26 bits per heavy atom. The van der Waals surface area contributed by atoms with Gasteiger partial charge in [0.05, 0.1) is 41.5 Å². The Morgan fingerprint density at radius 1 is 1.43 bits per heavy atom. The van der Waals surface area contributed by atoms with Gasteiger partial charge in [0.25, 0.3) is 5.69 Å². The number of nitriles is 1. The lowest BCUT2D eigenvalue weighted by Gasteiger charge is -2.41. The first kappa shape index (κ1) is 15.7. The first-order chi connectivity index (χ1) is 11.1. The van der Waals surface area contributed by atoms with Crippen LogP contribution in [-0.4, -0.2) is 41.9 Å². The van der Waals surface area contributed by atoms with Crippen molar-refractivity contribution in [2.75, 3.05) is 24.7 Å². The fraction of sp³-hybridized carbons (Fsp3) is 0.562. The largest absolute Gasteiger partial charge is 0.393 e. The Kier molecular flexibility index (Phi) is 4.46. The molecule has 1 aliphatic heterocycles. The van der Waals surface area contributed by atoms with Crippen molar-refractivity contribution in [1.82, 2.24) is 0 Å². The maximum absolute atomic E-state index is 10.9. The van der Waals surface area contributed by atoms with Crippen molar-refractivity contribution in [2.45, 2.75) is 31.4 Å². The van der Waals surface area contributed by atoms with Gasteiger partial charge in [-0.2, -0.15) is 5.26 Å². The van der Waals surface area contributed by atoms with Crippen molar-refractivity contribution in [3.8, 4) is 6.07 Å². The molecule has 3 rings (SSSR count). The highest BCUT2D eigenvalue weighted by atomic mass is 16.6. The highest BCUT2D eigenvalue weighted by Crippen LogP contribution is 2.36. The molecule has 122 valence electrons. The number of hydrogen-bond acceptors (Lipinski definition) is 6. The second-order valence-corrected chi connectivity index (χ2v) is 6.07. The fourth-order valence-corrected chi connectivity index (χ4v) is 3.67. The number of morpholine rings is 1. The third-order valence-corrected chi connectivity index (χ3v) is 4.81. The summed E-state index contributed by atoms with van der Waals surface area (Å²) in [6, 6.07) is 6.43. The van der Waals surface area contributed by atoms with E-state index in [1.807, 2.05) is 0 Å². The van der Waals surface area contributed by atoms with Gasteiger partial charge in [-0.3, -0.25) is 10.1 Å². The summed E-state index contributed by atoms with van der Waals surface area (Å²) >= 11 is 0. The van der Waals surface area contributed by atoms with E-state index in [9.17, 15) is 20.5 Å². The number of nitro groups is 1. The van der Waals surface area contributed by atoms with Crippen LogP contribution in [0.2, 0.25) is 0 Å². The van der Waals surface area contributed by atoms with E-state index in [4.69, 9.17) is 4.74 Å². The number of aliphatic hydroxyl groups is 1. The van der Waals surface area contributed by atoms with Crippen molar-refractivity contribution in [1.29, 1.82) is 5.26 Å². The van der Waals surface area contributed by atoms with Crippen molar-refractivity contribution in [2.24, 2.45) is 5.92 Å². The molecule has 3 atom stereocenters. The monoisotopic (exact) mass is 317 g/mol. The minimum Gasteiger partial charge on any atom is -0.393 e. The molecule has 1 saturated carbocycles. The van der Waals surface area contributed by atoms with Crippen molar-refractivity contribution >= 4 is 11.4 Å². The summed E-state index contributed by atoms with van der Waals surface area (Å²) in [4.78, 5) is 12.5. The van der Waals surface area contributed by atoms with Gasteiger partial charge in [-0.05, 0) is 18.9 Å². The maximum Gasteiger partial charge on any atom is 0.270 e. The van der Waals surface area contributed by atoms with Crippen LogP contribution in [0.4, 0.5) is 11.4 Å². The van der Waals surface area contributed by atoms with E-state index in [0.29, 0.717) is 31.0 Å². The van der Waals surface area contributed by atoms with Gasteiger partial charge in [0.15, 0.2) is 0 Å². The van der Waals surface area contributed by atoms with Crippen LogP contribution in [0.3, 0.4) is 0 Å². The molecule has 0 unspecified atom stereocenters. The summed E-state index contributed by atoms with van der Waals surface area (Å²) in [7, 11) is 0. The molecule has 0 radical (unpaired) electrons. The lowest BCUT2D eigenvalue weighted by atomic mass is 9.93. The van der Waals surface area contributed by atoms with Crippen LogP contribution in [0.15, 0.2) is 18.2 Å². The number of nitrogens with zero attached hydrogens (tertiary/aromatic N) is 3. The smallest absolute Gasteiger partial charge is 0.270 e. The SMILES string of the molecule is N#Cc1cc([N+](=O)[O-])ccc1N1CCOC[C@@H]1[C@@H]1CCC[C@H]1O. The average molecular weight is 317 g/mol. The number of ether oxygens (including phenoxy) is 1. The van der Waals surface area contributed by atoms with Crippen LogP contribution in [0.25, 0.3) is 0 Å². The van der Waals surface area contributed by atoms with Crippen LogP contribution in [-0.2, 0) is 4.74 Å². The molecule has 2 fully saturated rings. The number of benzene rings is 1. The van der Waals surface area contributed by atoms with Crippen molar-refractivity contribution in [3.63, 3.8) is 0 Å². The summed E-state index contributed by atoms with van der Waals surface area (Å²) in [6.45, 7) is 1.66. The molecule has 2 aliphatic rings. The zero-order chi connectivity index (χ0) is 16.4. The third kappa shape index (κ3) is 3.00. The molecule has 1 aromatic rings. The first-order valence-electron chi connectivity index (χ1n) is 7.83. The molecule has 1 heterocycles. The van der Waals surface area contributed by atoms with Crippen LogP contribution in [0, 0.1) is 27.4 Å². The zero-order valence-electron chi connectivity index (χ0n) is 12.7. The van der Waals surface area contributed by atoms with Gasteiger partial charge in [-0.1, -0.05) is 6.42 Å². The van der Waals surface area contributed by atoms with Crippen LogP contribution < -0.4 is 4.90 Å². The summed E-state index contributed by atoms with van der Waals surface area (Å²) in [5, 5.41) is 30.5. The minimum absolute atomic E-state index is 0.00481. The molecule has 1 saturated heterocycles. The van der Waals surface area contributed by atoms with Crippen molar-refractivity contribution < 1.29 is 14.8 Å². The van der Waals surface area contributed by atoms with Crippen molar-refractivity contribution in [3.05, 3.63) is 33.9 Å². The summed E-state index contributed by atoms with van der Waals surface area (Å²) < 4.78 is 5.59. The predicted molar refractivity (Wildman–Crippen MR) is 83.1 cm³/mol. The van der Waals surface area contributed by atoms with Gasteiger partial charge < -0.3 is 14.7 Å². The molecule has 7 heteroatoms. The number of non-ortho nitro benzene ring substituents is 1. The van der Waals surface area contributed by atoms with Gasteiger partial charge >= 0.3 is 0 Å². The molecule has 0 amide bonds. The average Bonchev–Trinajstić information content (AvgIpc) is 3.00. The van der Waals surface area contributed by atoms with E-state index in [1.165, 1.54) is 12.1 Å². The lowest BCUT2D eigenvalue weighted by molar-refractivity contribution is -0.384. The van der Waals surface area contributed by atoms with Gasteiger partial charge in [-0.15, -0.1) is 0 Å². The minimum atomic E-state index is -0.498. The van der Waals surface area contributed by atoms with E-state index in [1.54, 1.807) is 6.07 Å². The molecular formula is C16H19N3O4. The lowest BCUT2D eigenvalue weighted by Crippen LogP contribution is -2.51. The predicted octanol–water partition coefficient (Wildman–Crippen LogP) is 1.83. The molecule has 7 nitrogen and oxygen atoms in total. The molecule has 23 heavy (non-hydrogen) atoms. The Hall–Kier alpha value is -2.17. The van der Waals surface area contributed by atoms with E-state index >= 15 is 0 Å². The molecule has 1 aromatic carbocycles. The summed E-state index contributed by atoms with van der Waals surface area (Å²) in [5.74, 6) is 0.108. The van der Waals surface area contributed by atoms with Crippen LogP contribution >= 0.6 is 0 Å². The van der Waals surface area contributed by atoms with E-state index < -0.39 is 4.92 Å². The summed E-state index contributed by atoms with van der Waals surface area (Å²) in [5.41, 5.74) is 0.889. The number of hydrogen-bond donors (Lipinski definition) is 1. The summed E-state index contributed by atoms with van der Waals surface area (Å²) in [6.07, 6.45) is 2.36. The van der Waals surface area contributed by atoms with Gasteiger partial charge in [0.1, 0.15) is 6.07 Å². The Morgan fingerprint density at radius 3 is 2.91 bits per heavy atom. The topological polar surface area (TPSA) is 99.6 Å². The first-order valence-corrected chi connectivity index (χ1v) is 7.83. The third-order valence-electron chi connectivity index (χ3n) is 4.81. The van der Waals surface area contributed by atoms with Crippen LogP contribution in [0.1, 0.15) is 24.8 Å². The molecule has 1 N–H and O–H groups in total. The standard InChI is InChI=1S/C16H19N3O4/c17-9-11-8-12(19(21)22)4-5-14(11)18-6-7-23-10-15(18)13-2-1-3-16(13)20/h4-5,8,13,15-16,20H,1-3,6-7,10H2/t13-,15+,16+/m0/s1. The second-order valence-electron chi connectivity index (χ2n) is 6.07.